The molecule has 0 spiro atoms. The topological polar surface area (TPSA) is 80.7 Å². The largest absolute Gasteiger partial charge is 0.511 e. The molecule has 1 aliphatic heterocycles. The lowest BCUT2D eigenvalue weighted by Crippen LogP contribution is -2.41. The highest BCUT2D eigenvalue weighted by Crippen LogP contribution is 2.43. The summed E-state index contributed by atoms with van der Waals surface area (Å²) in [5.74, 6) is -3.45. The van der Waals surface area contributed by atoms with Crippen molar-refractivity contribution in [2.75, 3.05) is 0 Å². The molecule has 0 unspecified atom stereocenters. The Morgan fingerprint density at radius 3 is 1.67 bits per heavy atom. The zero-order valence-electron chi connectivity index (χ0n) is 15.9. The smallest absolute Gasteiger partial charge is 0.347 e. The molecule has 0 amide bonds. The van der Waals surface area contributed by atoms with Crippen molar-refractivity contribution in [1.82, 2.24) is 0 Å². The summed E-state index contributed by atoms with van der Waals surface area (Å²) in [7, 11) is 0. The highest BCUT2D eigenvalue weighted by molar-refractivity contribution is 6.53. The molecule has 0 bridgehead atoms. The molecule has 0 aliphatic carbocycles. The van der Waals surface area contributed by atoms with Crippen molar-refractivity contribution in [2.45, 2.75) is 12.0 Å². The number of hydrogen-bond donors (Lipinski definition) is 1. The minimum absolute atomic E-state index is 0.138. The van der Waals surface area contributed by atoms with E-state index in [1.165, 1.54) is 12.1 Å². The Kier molecular flexibility index (Phi) is 5.02. The fourth-order valence-electron chi connectivity index (χ4n) is 3.65. The predicted octanol–water partition coefficient (Wildman–Crippen LogP) is 4.14. The highest BCUT2D eigenvalue weighted by Gasteiger charge is 2.47. The van der Waals surface area contributed by atoms with Crippen molar-refractivity contribution < 1.29 is 24.2 Å². The van der Waals surface area contributed by atoms with Gasteiger partial charge in [0.15, 0.2) is 5.60 Å². The zero-order chi connectivity index (χ0) is 21.1. The molecular weight excluding hydrogens is 380 g/mol. The number of carbonyl (C=O) groups is 3. The van der Waals surface area contributed by atoms with Gasteiger partial charge in [0.25, 0.3) is 0 Å². The van der Waals surface area contributed by atoms with E-state index in [0.29, 0.717) is 11.1 Å². The van der Waals surface area contributed by atoms with Gasteiger partial charge < -0.3 is 9.84 Å². The molecule has 0 saturated heterocycles. The van der Waals surface area contributed by atoms with Gasteiger partial charge in [0, 0.05) is 16.7 Å². The van der Waals surface area contributed by atoms with Crippen LogP contribution in [0.2, 0.25) is 0 Å². The van der Waals surface area contributed by atoms with Gasteiger partial charge in [-0.25, -0.2) is 4.79 Å². The van der Waals surface area contributed by atoms with Crippen LogP contribution in [0.1, 0.15) is 27.9 Å². The van der Waals surface area contributed by atoms with E-state index in [9.17, 15) is 19.5 Å². The van der Waals surface area contributed by atoms with Crippen molar-refractivity contribution >= 4 is 17.5 Å². The molecule has 0 saturated carbocycles. The van der Waals surface area contributed by atoms with Gasteiger partial charge >= 0.3 is 5.97 Å². The first kappa shape index (κ1) is 19.3. The van der Waals surface area contributed by atoms with Gasteiger partial charge in [-0.15, -0.1) is 0 Å². The van der Waals surface area contributed by atoms with Gasteiger partial charge in [0.05, 0.1) is 6.42 Å². The molecule has 30 heavy (non-hydrogen) atoms. The number of esters is 1. The van der Waals surface area contributed by atoms with Crippen molar-refractivity contribution in [2.24, 2.45) is 0 Å². The minimum Gasteiger partial charge on any atom is -0.511 e. The van der Waals surface area contributed by atoms with Crippen LogP contribution in [0.5, 0.6) is 0 Å². The van der Waals surface area contributed by atoms with Crippen LogP contribution in [0.3, 0.4) is 0 Å². The number of carbonyl (C=O) groups excluding carboxylic acids is 3. The quantitative estimate of drug-likeness (QED) is 0.302. The number of benzene rings is 3. The van der Waals surface area contributed by atoms with Crippen LogP contribution >= 0.6 is 0 Å². The second-order valence-electron chi connectivity index (χ2n) is 6.97. The Hall–Kier alpha value is -3.99. The average Bonchev–Trinajstić information content (AvgIpc) is 2.79. The summed E-state index contributed by atoms with van der Waals surface area (Å²) in [5, 5.41) is 10.8. The molecule has 1 heterocycles. The van der Waals surface area contributed by atoms with Crippen LogP contribution in [-0.4, -0.2) is 22.6 Å². The molecule has 4 rings (SSSR count). The average molecular weight is 398 g/mol. The summed E-state index contributed by atoms with van der Waals surface area (Å²) < 4.78 is 5.81. The summed E-state index contributed by atoms with van der Waals surface area (Å²) in [4.78, 5) is 38.2. The van der Waals surface area contributed by atoms with E-state index in [1.54, 1.807) is 66.7 Å². The molecular formula is C25H18O5. The first-order valence-electron chi connectivity index (χ1n) is 9.43. The van der Waals surface area contributed by atoms with Crippen LogP contribution in [0.25, 0.3) is 0 Å². The molecule has 3 aromatic rings. The summed E-state index contributed by atoms with van der Waals surface area (Å²) in [6.07, 6.45) is -0.157. The van der Waals surface area contributed by atoms with E-state index >= 15 is 0 Å². The fraction of sp³-hybridized carbons (Fsp3) is 0.0800. The maximum absolute atomic E-state index is 12.9. The summed E-state index contributed by atoms with van der Waals surface area (Å²) in [6.45, 7) is 0. The van der Waals surface area contributed by atoms with Gasteiger partial charge in [-0.05, 0) is 0 Å². The second kappa shape index (κ2) is 7.79. The standard InChI is InChI=1S/C25H18O5/c26-20-16-25(18-12-6-2-7-13-18,19-14-8-3-9-15-19)30-24(29)21(20)23(28)22(27)17-10-4-1-5-11-17/h1-15,26H,16H2. The van der Waals surface area contributed by atoms with Crippen molar-refractivity contribution in [3.63, 3.8) is 0 Å². The predicted molar refractivity (Wildman–Crippen MR) is 110 cm³/mol. The zero-order valence-corrected chi connectivity index (χ0v) is 15.9. The molecule has 3 aromatic carbocycles. The molecule has 5 heteroatoms. The molecule has 0 aromatic heterocycles. The number of Topliss-reactive ketones (excluding diaryl/α,β-unsaturated/α-hetero) is 2. The number of aliphatic hydroxyl groups excluding tert-OH is 1. The lowest BCUT2D eigenvalue weighted by Gasteiger charge is -2.37. The first-order chi connectivity index (χ1) is 14.5. The summed E-state index contributed by atoms with van der Waals surface area (Å²) in [6, 6.07) is 25.9. The van der Waals surface area contributed by atoms with Crippen LogP contribution in [-0.2, 0) is 19.9 Å². The Morgan fingerprint density at radius 1 is 0.733 bits per heavy atom. The maximum atomic E-state index is 12.9. The number of cyclic esters (lactones) is 1. The van der Waals surface area contributed by atoms with Gasteiger partial charge in [0.1, 0.15) is 11.3 Å². The second-order valence-corrected chi connectivity index (χ2v) is 6.97. The number of aliphatic hydroxyl groups is 1. The third kappa shape index (κ3) is 3.31. The van der Waals surface area contributed by atoms with E-state index < -0.39 is 34.5 Å². The van der Waals surface area contributed by atoms with Crippen molar-refractivity contribution in [1.29, 1.82) is 0 Å². The van der Waals surface area contributed by atoms with Gasteiger partial charge in [-0.2, -0.15) is 0 Å². The molecule has 148 valence electrons. The SMILES string of the molecule is O=C1OC(c2ccccc2)(c2ccccc2)CC(O)=C1C(=O)C(=O)c1ccccc1. The van der Waals surface area contributed by atoms with Crippen LogP contribution in [0, 0.1) is 0 Å². The van der Waals surface area contributed by atoms with E-state index in [4.69, 9.17) is 4.74 Å². The number of ether oxygens (including phenoxy) is 1. The molecule has 0 radical (unpaired) electrons. The Morgan fingerprint density at radius 2 is 1.20 bits per heavy atom. The van der Waals surface area contributed by atoms with Gasteiger partial charge in [-0.1, -0.05) is 91.0 Å². The molecule has 1 N–H and O–H groups in total. The Labute approximate surface area is 173 Å². The molecule has 0 atom stereocenters. The van der Waals surface area contributed by atoms with Crippen molar-refractivity contribution in [3.8, 4) is 0 Å². The van der Waals surface area contributed by atoms with E-state index in [0.717, 1.165) is 0 Å². The van der Waals surface area contributed by atoms with Gasteiger partial charge in [-0.3, -0.25) is 9.59 Å². The lowest BCUT2D eigenvalue weighted by atomic mass is 9.80. The third-order valence-electron chi connectivity index (χ3n) is 5.13. The summed E-state index contributed by atoms with van der Waals surface area (Å²) in [5.41, 5.74) is -0.484. The lowest BCUT2D eigenvalue weighted by molar-refractivity contribution is -0.156. The highest BCUT2D eigenvalue weighted by atomic mass is 16.6. The monoisotopic (exact) mass is 398 g/mol. The number of ketones is 2. The van der Waals surface area contributed by atoms with Crippen LogP contribution in [0.4, 0.5) is 0 Å². The van der Waals surface area contributed by atoms with E-state index in [-0.39, 0.29) is 12.0 Å². The maximum Gasteiger partial charge on any atom is 0.347 e. The van der Waals surface area contributed by atoms with Crippen LogP contribution in [0.15, 0.2) is 102 Å². The normalized spacial score (nSPS) is 15.4. The van der Waals surface area contributed by atoms with Crippen LogP contribution < -0.4 is 0 Å². The third-order valence-corrected chi connectivity index (χ3v) is 5.13. The fourth-order valence-corrected chi connectivity index (χ4v) is 3.65. The minimum atomic E-state index is -1.30. The van der Waals surface area contributed by atoms with E-state index in [2.05, 4.69) is 0 Å². The van der Waals surface area contributed by atoms with Gasteiger partial charge in [0.2, 0.25) is 11.6 Å². The Bertz CT molecular complexity index is 1090. The number of hydrogen-bond acceptors (Lipinski definition) is 5. The number of rotatable bonds is 5. The molecule has 0 fully saturated rings. The Balaban J connectivity index is 1.79. The summed E-state index contributed by atoms with van der Waals surface area (Å²) >= 11 is 0. The first-order valence-corrected chi connectivity index (χ1v) is 9.43. The van der Waals surface area contributed by atoms with E-state index in [1.807, 2.05) is 12.1 Å². The molecule has 1 aliphatic rings. The van der Waals surface area contributed by atoms with Crippen molar-refractivity contribution in [3.05, 3.63) is 119 Å². The molecule has 5 nitrogen and oxygen atoms in total.